The standard InChI is InChI=1S/C18H19N5O5S/c1-28-14-4-2-12(3-5-14)21-16(24)9-22-11-19-17-15(18(22)25)8-20-23(17)13-6-7-29(26,27)10-13/h2-5,8,11,13H,6-7,9-10H2,1H3,(H,21,24). The molecule has 4 rings (SSSR count). The highest BCUT2D eigenvalue weighted by Crippen LogP contribution is 2.25. The van der Waals surface area contributed by atoms with Crippen LogP contribution in [0.25, 0.3) is 11.0 Å². The quantitative estimate of drug-likeness (QED) is 0.644. The monoisotopic (exact) mass is 417 g/mol. The number of sulfone groups is 1. The number of amides is 1. The largest absolute Gasteiger partial charge is 0.497 e. The number of methoxy groups -OCH3 is 1. The van der Waals surface area contributed by atoms with E-state index in [1.54, 1.807) is 31.4 Å². The first-order valence-electron chi connectivity index (χ1n) is 8.93. The topological polar surface area (TPSA) is 125 Å². The van der Waals surface area contributed by atoms with Crippen LogP contribution in [0.3, 0.4) is 0 Å². The summed E-state index contributed by atoms with van der Waals surface area (Å²) in [7, 11) is -1.54. The van der Waals surface area contributed by atoms with Crippen molar-refractivity contribution in [3.63, 3.8) is 0 Å². The Labute approximate surface area is 166 Å². The summed E-state index contributed by atoms with van der Waals surface area (Å²) < 4.78 is 31.2. The van der Waals surface area contributed by atoms with Gasteiger partial charge in [0.2, 0.25) is 5.91 Å². The van der Waals surface area contributed by atoms with E-state index in [1.165, 1.54) is 21.8 Å². The normalized spacial score (nSPS) is 18.0. The minimum Gasteiger partial charge on any atom is -0.497 e. The van der Waals surface area contributed by atoms with E-state index >= 15 is 0 Å². The first kappa shape index (κ1) is 19.1. The van der Waals surface area contributed by atoms with Crippen LogP contribution in [0.2, 0.25) is 0 Å². The highest BCUT2D eigenvalue weighted by molar-refractivity contribution is 7.91. The third-order valence-electron chi connectivity index (χ3n) is 4.82. The highest BCUT2D eigenvalue weighted by atomic mass is 32.2. The van der Waals surface area contributed by atoms with Gasteiger partial charge in [-0.25, -0.2) is 18.1 Å². The van der Waals surface area contributed by atoms with Gasteiger partial charge in [-0.1, -0.05) is 0 Å². The van der Waals surface area contributed by atoms with Crippen molar-refractivity contribution in [1.82, 2.24) is 19.3 Å². The van der Waals surface area contributed by atoms with Gasteiger partial charge >= 0.3 is 0 Å². The van der Waals surface area contributed by atoms with Gasteiger partial charge in [-0.3, -0.25) is 14.2 Å². The molecule has 2 aromatic heterocycles. The van der Waals surface area contributed by atoms with Crippen LogP contribution in [0.5, 0.6) is 5.75 Å². The molecule has 0 bridgehead atoms. The number of fused-ring (bicyclic) bond motifs is 1. The smallest absolute Gasteiger partial charge is 0.264 e. The van der Waals surface area contributed by atoms with E-state index in [0.717, 1.165) is 0 Å². The zero-order valence-corrected chi connectivity index (χ0v) is 16.4. The summed E-state index contributed by atoms with van der Waals surface area (Å²) >= 11 is 0. The second-order valence-electron chi connectivity index (χ2n) is 6.84. The second kappa shape index (κ2) is 7.32. The first-order valence-corrected chi connectivity index (χ1v) is 10.8. The van der Waals surface area contributed by atoms with Crippen LogP contribution in [-0.4, -0.2) is 52.3 Å². The lowest BCUT2D eigenvalue weighted by Crippen LogP contribution is -2.28. The molecule has 0 radical (unpaired) electrons. The summed E-state index contributed by atoms with van der Waals surface area (Å²) in [6.45, 7) is -0.212. The Morgan fingerprint density at radius 3 is 2.72 bits per heavy atom. The fraction of sp³-hybridized carbons (Fsp3) is 0.333. The molecule has 0 saturated carbocycles. The van der Waals surface area contributed by atoms with Crippen LogP contribution < -0.4 is 15.6 Å². The molecule has 0 aliphatic carbocycles. The maximum absolute atomic E-state index is 12.7. The number of hydrogen-bond acceptors (Lipinski definition) is 7. The van der Waals surface area contributed by atoms with Gasteiger partial charge < -0.3 is 10.1 Å². The lowest BCUT2D eigenvalue weighted by Gasteiger charge is -2.10. The van der Waals surface area contributed by atoms with E-state index in [0.29, 0.717) is 23.5 Å². The molecule has 1 aliphatic heterocycles. The lowest BCUT2D eigenvalue weighted by atomic mass is 10.3. The molecule has 1 atom stereocenters. The van der Waals surface area contributed by atoms with Crippen molar-refractivity contribution in [3.8, 4) is 5.75 Å². The molecular formula is C18H19N5O5S. The first-order chi connectivity index (χ1) is 13.9. The van der Waals surface area contributed by atoms with Crippen molar-refractivity contribution in [2.45, 2.75) is 19.0 Å². The average Bonchev–Trinajstić information content (AvgIpc) is 3.28. The molecule has 152 valence electrons. The minimum absolute atomic E-state index is 0.0151. The summed E-state index contributed by atoms with van der Waals surface area (Å²) in [5, 5.41) is 7.12. The molecule has 0 spiro atoms. The predicted molar refractivity (Wildman–Crippen MR) is 106 cm³/mol. The van der Waals surface area contributed by atoms with Gasteiger partial charge in [0.05, 0.1) is 30.9 Å². The third kappa shape index (κ3) is 3.86. The zero-order chi connectivity index (χ0) is 20.6. The van der Waals surface area contributed by atoms with Gasteiger partial charge in [0.25, 0.3) is 5.56 Å². The number of carbonyl (C=O) groups is 1. The Kier molecular flexibility index (Phi) is 4.82. The summed E-state index contributed by atoms with van der Waals surface area (Å²) in [5.41, 5.74) is 0.490. The fourth-order valence-electron chi connectivity index (χ4n) is 3.34. The van der Waals surface area contributed by atoms with Gasteiger partial charge in [0.1, 0.15) is 24.0 Å². The van der Waals surface area contributed by atoms with Crippen molar-refractivity contribution in [2.24, 2.45) is 0 Å². The van der Waals surface area contributed by atoms with Crippen molar-refractivity contribution in [3.05, 3.63) is 47.1 Å². The summed E-state index contributed by atoms with van der Waals surface area (Å²) in [5.74, 6) is 0.370. The number of aromatic nitrogens is 4. The van der Waals surface area contributed by atoms with Crippen molar-refractivity contribution in [2.75, 3.05) is 23.9 Å². The van der Waals surface area contributed by atoms with E-state index in [-0.39, 0.29) is 35.4 Å². The average molecular weight is 417 g/mol. The van der Waals surface area contributed by atoms with Crippen LogP contribution in [0.1, 0.15) is 12.5 Å². The van der Waals surface area contributed by atoms with Crippen molar-refractivity contribution >= 4 is 32.5 Å². The van der Waals surface area contributed by atoms with E-state index in [9.17, 15) is 18.0 Å². The maximum atomic E-state index is 12.7. The Morgan fingerprint density at radius 2 is 2.07 bits per heavy atom. The Hall–Kier alpha value is -3.21. The number of benzene rings is 1. The molecule has 10 nitrogen and oxygen atoms in total. The SMILES string of the molecule is COc1ccc(NC(=O)Cn2cnc3c(cnn3C3CCS(=O)(=O)C3)c2=O)cc1. The van der Waals surface area contributed by atoms with Crippen LogP contribution >= 0.6 is 0 Å². The Morgan fingerprint density at radius 1 is 1.31 bits per heavy atom. The van der Waals surface area contributed by atoms with Crippen LogP contribution in [-0.2, 0) is 21.2 Å². The summed E-state index contributed by atoms with van der Waals surface area (Å²) in [6, 6.07) is 6.49. The van der Waals surface area contributed by atoms with E-state index in [4.69, 9.17) is 4.74 Å². The van der Waals surface area contributed by atoms with Gasteiger partial charge in [0.15, 0.2) is 15.5 Å². The van der Waals surface area contributed by atoms with E-state index in [2.05, 4.69) is 15.4 Å². The number of hydrogen-bond donors (Lipinski definition) is 1. The highest BCUT2D eigenvalue weighted by Gasteiger charge is 2.31. The van der Waals surface area contributed by atoms with Gasteiger partial charge in [-0.15, -0.1) is 0 Å². The lowest BCUT2D eigenvalue weighted by molar-refractivity contribution is -0.116. The molecular weight excluding hydrogens is 398 g/mol. The Balaban J connectivity index is 1.53. The third-order valence-corrected chi connectivity index (χ3v) is 6.57. The molecule has 3 heterocycles. The molecule has 1 unspecified atom stereocenters. The minimum atomic E-state index is -3.09. The van der Waals surface area contributed by atoms with Crippen molar-refractivity contribution < 1.29 is 17.9 Å². The summed E-state index contributed by atoms with van der Waals surface area (Å²) in [6.07, 6.45) is 3.08. The number of anilines is 1. The van der Waals surface area contributed by atoms with Gasteiger partial charge in [-0.05, 0) is 30.7 Å². The molecule has 1 aromatic carbocycles. The maximum Gasteiger partial charge on any atom is 0.264 e. The van der Waals surface area contributed by atoms with E-state index in [1.807, 2.05) is 0 Å². The van der Waals surface area contributed by atoms with Crippen molar-refractivity contribution in [1.29, 1.82) is 0 Å². The molecule has 1 saturated heterocycles. The second-order valence-corrected chi connectivity index (χ2v) is 9.07. The number of nitrogens with zero attached hydrogens (tertiary/aromatic N) is 4. The molecule has 1 aliphatic rings. The molecule has 11 heteroatoms. The fourth-order valence-corrected chi connectivity index (χ4v) is 5.04. The molecule has 29 heavy (non-hydrogen) atoms. The number of carbonyl (C=O) groups excluding carboxylic acids is 1. The van der Waals surface area contributed by atoms with Crippen LogP contribution in [0, 0.1) is 0 Å². The Bertz CT molecular complexity index is 1230. The molecule has 3 aromatic rings. The molecule has 1 N–H and O–H groups in total. The van der Waals surface area contributed by atoms with Crippen LogP contribution in [0.15, 0.2) is 41.6 Å². The zero-order valence-electron chi connectivity index (χ0n) is 15.6. The molecule has 1 amide bonds. The number of nitrogens with one attached hydrogen (secondary N) is 1. The molecule has 1 fully saturated rings. The summed E-state index contributed by atoms with van der Waals surface area (Å²) in [4.78, 5) is 29.3. The van der Waals surface area contributed by atoms with Crippen LogP contribution in [0.4, 0.5) is 5.69 Å². The predicted octanol–water partition coefficient (Wildman–Crippen LogP) is 0.600. The number of rotatable bonds is 5. The van der Waals surface area contributed by atoms with E-state index < -0.39 is 15.4 Å². The number of ether oxygens (including phenoxy) is 1. The van der Waals surface area contributed by atoms with Gasteiger partial charge in [0, 0.05) is 5.69 Å². The van der Waals surface area contributed by atoms with Gasteiger partial charge in [-0.2, -0.15) is 5.10 Å².